The second-order valence-corrected chi connectivity index (χ2v) is 5.50. The largest absolute Gasteiger partial charge is 0.496 e. The molecule has 0 bridgehead atoms. The molecule has 19 heavy (non-hydrogen) atoms. The third-order valence-corrected chi connectivity index (χ3v) is 4.10. The zero-order valence-corrected chi connectivity index (χ0v) is 14.0. The molecule has 2 unspecified atom stereocenters. The van der Waals surface area contributed by atoms with Gasteiger partial charge in [0, 0.05) is 11.6 Å². The van der Waals surface area contributed by atoms with Gasteiger partial charge in [0.1, 0.15) is 11.5 Å². The smallest absolute Gasteiger partial charge is 0.133 e. The van der Waals surface area contributed by atoms with Gasteiger partial charge in [0.15, 0.2) is 0 Å². The molecule has 1 N–H and O–H groups in total. The first-order valence-electron chi connectivity index (χ1n) is 6.73. The Morgan fingerprint density at radius 1 is 1.16 bits per heavy atom. The van der Waals surface area contributed by atoms with E-state index >= 15 is 0 Å². The second-order valence-electron chi connectivity index (χ2n) is 4.65. The lowest BCUT2D eigenvalue weighted by molar-refractivity contribution is 0.350. The Hall–Kier alpha value is -0.740. The number of halogens is 1. The SMILES string of the molecule is CCNC(c1cc(OC)c(Br)cc1OC)C(C)CC. The Bertz CT molecular complexity index is 409. The third kappa shape index (κ3) is 3.86. The molecule has 0 spiro atoms. The molecular formula is C15H24BrNO2. The van der Waals surface area contributed by atoms with Gasteiger partial charge in [-0.25, -0.2) is 0 Å². The number of methoxy groups -OCH3 is 2. The van der Waals surface area contributed by atoms with Gasteiger partial charge in [-0.15, -0.1) is 0 Å². The molecule has 0 saturated heterocycles. The molecular weight excluding hydrogens is 306 g/mol. The van der Waals surface area contributed by atoms with E-state index in [2.05, 4.69) is 48.1 Å². The monoisotopic (exact) mass is 329 g/mol. The van der Waals surface area contributed by atoms with Crippen LogP contribution >= 0.6 is 15.9 Å². The molecule has 0 fully saturated rings. The highest BCUT2D eigenvalue weighted by molar-refractivity contribution is 9.10. The van der Waals surface area contributed by atoms with Crippen molar-refractivity contribution in [1.82, 2.24) is 5.32 Å². The third-order valence-electron chi connectivity index (χ3n) is 3.48. The lowest BCUT2D eigenvalue weighted by Gasteiger charge is -2.26. The van der Waals surface area contributed by atoms with E-state index in [-0.39, 0.29) is 6.04 Å². The molecule has 0 aliphatic carbocycles. The summed E-state index contributed by atoms with van der Waals surface area (Å²) < 4.78 is 11.8. The minimum absolute atomic E-state index is 0.270. The van der Waals surface area contributed by atoms with Gasteiger partial charge in [0.25, 0.3) is 0 Å². The molecule has 0 radical (unpaired) electrons. The molecule has 1 rings (SSSR count). The fraction of sp³-hybridized carbons (Fsp3) is 0.600. The Kier molecular flexibility index (Phi) is 6.66. The maximum absolute atomic E-state index is 5.52. The average molecular weight is 330 g/mol. The fourth-order valence-electron chi connectivity index (χ4n) is 2.20. The minimum Gasteiger partial charge on any atom is -0.496 e. The van der Waals surface area contributed by atoms with Crippen molar-refractivity contribution in [2.45, 2.75) is 33.2 Å². The lowest BCUT2D eigenvalue weighted by Crippen LogP contribution is -2.27. The van der Waals surface area contributed by atoms with Gasteiger partial charge in [-0.2, -0.15) is 0 Å². The maximum atomic E-state index is 5.52. The molecule has 2 atom stereocenters. The van der Waals surface area contributed by atoms with E-state index in [1.54, 1.807) is 14.2 Å². The van der Waals surface area contributed by atoms with E-state index in [1.807, 2.05) is 6.07 Å². The number of ether oxygens (including phenoxy) is 2. The van der Waals surface area contributed by atoms with Gasteiger partial charge in [-0.3, -0.25) is 0 Å². The number of hydrogen-bond acceptors (Lipinski definition) is 3. The van der Waals surface area contributed by atoms with Crippen LogP contribution in [0.3, 0.4) is 0 Å². The van der Waals surface area contributed by atoms with E-state index in [4.69, 9.17) is 9.47 Å². The Balaban J connectivity index is 3.26. The van der Waals surface area contributed by atoms with Gasteiger partial charge in [0.2, 0.25) is 0 Å². The molecule has 4 heteroatoms. The molecule has 3 nitrogen and oxygen atoms in total. The number of rotatable bonds is 7. The van der Waals surface area contributed by atoms with Crippen LogP contribution in [0.5, 0.6) is 11.5 Å². The summed E-state index contributed by atoms with van der Waals surface area (Å²) >= 11 is 3.50. The lowest BCUT2D eigenvalue weighted by atomic mass is 9.91. The Morgan fingerprint density at radius 3 is 2.26 bits per heavy atom. The van der Waals surface area contributed by atoms with E-state index in [0.29, 0.717) is 5.92 Å². The van der Waals surface area contributed by atoms with Crippen LogP contribution in [0.2, 0.25) is 0 Å². The van der Waals surface area contributed by atoms with Crippen molar-refractivity contribution in [3.63, 3.8) is 0 Å². The van der Waals surface area contributed by atoms with Crippen molar-refractivity contribution in [3.05, 3.63) is 22.2 Å². The van der Waals surface area contributed by atoms with Crippen molar-refractivity contribution < 1.29 is 9.47 Å². The van der Waals surface area contributed by atoms with Crippen molar-refractivity contribution in [2.75, 3.05) is 20.8 Å². The molecule has 0 heterocycles. The fourth-order valence-corrected chi connectivity index (χ4v) is 2.68. The number of nitrogens with one attached hydrogen (secondary N) is 1. The van der Waals surface area contributed by atoms with Gasteiger partial charge in [-0.05, 0) is 40.5 Å². The van der Waals surface area contributed by atoms with Gasteiger partial charge in [-0.1, -0.05) is 27.2 Å². The maximum Gasteiger partial charge on any atom is 0.133 e. The van der Waals surface area contributed by atoms with Crippen LogP contribution in [-0.4, -0.2) is 20.8 Å². The molecule has 0 aromatic heterocycles. The zero-order valence-electron chi connectivity index (χ0n) is 12.4. The van der Waals surface area contributed by atoms with Crippen molar-refractivity contribution >= 4 is 15.9 Å². The molecule has 0 aliphatic heterocycles. The van der Waals surface area contributed by atoms with Crippen molar-refractivity contribution in [3.8, 4) is 11.5 Å². The van der Waals surface area contributed by atoms with Crippen LogP contribution in [0.25, 0.3) is 0 Å². The minimum atomic E-state index is 0.270. The van der Waals surface area contributed by atoms with Crippen molar-refractivity contribution in [2.24, 2.45) is 5.92 Å². The summed E-state index contributed by atoms with van der Waals surface area (Å²) in [6.07, 6.45) is 1.11. The quantitative estimate of drug-likeness (QED) is 0.814. The summed E-state index contributed by atoms with van der Waals surface area (Å²) in [5.74, 6) is 2.25. The van der Waals surface area contributed by atoms with Crippen LogP contribution in [0.15, 0.2) is 16.6 Å². The first-order chi connectivity index (χ1) is 9.08. The van der Waals surface area contributed by atoms with E-state index in [9.17, 15) is 0 Å². The van der Waals surface area contributed by atoms with Crippen LogP contribution in [0.1, 0.15) is 38.8 Å². The Labute approximate surface area is 124 Å². The highest BCUT2D eigenvalue weighted by atomic mass is 79.9. The second kappa shape index (κ2) is 7.75. The number of benzene rings is 1. The average Bonchev–Trinajstić information content (AvgIpc) is 2.43. The molecule has 1 aromatic carbocycles. The first kappa shape index (κ1) is 16.3. The topological polar surface area (TPSA) is 30.5 Å². The number of hydrogen-bond donors (Lipinski definition) is 1. The first-order valence-corrected chi connectivity index (χ1v) is 7.53. The standard InChI is InChI=1S/C15H24BrNO2/c1-6-10(3)15(17-7-2)11-8-14(19-5)12(16)9-13(11)18-4/h8-10,15,17H,6-7H2,1-5H3. The van der Waals surface area contributed by atoms with Crippen LogP contribution < -0.4 is 14.8 Å². The van der Waals surface area contributed by atoms with Gasteiger partial charge >= 0.3 is 0 Å². The summed E-state index contributed by atoms with van der Waals surface area (Å²) in [4.78, 5) is 0. The summed E-state index contributed by atoms with van der Waals surface area (Å²) in [7, 11) is 3.39. The van der Waals surface area contributed by atoms with E-state index < -0.39 is 0 Å². The Morgan fingerprint density at radius 2 is 1.79 bits per heavy atom. The molecule has 0 aliphatic rings. The van der Waals surface area contributed by atoms with Crippen LogP contribution in [0.4, 0.5) is 0 Å². The normalized spacial score (nSPS) is 14.0. The van der Waals surface area contributed by atoms with E-state index in [1.165, 1.54) is 0 Å². The zero-order chi connectivity index (χ0) is 14.4. The highest BCUT2D eigenvalue weighted by Gasteiger charge is 2.22. The summed E-state index contributed by atoms with van der Waals surface area (Å²) in [5.41, 5.74) is 1.15. The highest BCUT2D eigenvalue weighted by Crippen LogP contribution is 2.38. The molecule has 108 valence electrons. The predicted molar refractivity (Wildman–Crippen MR) is 83.1 cm³/mol. The molecule has 0 amide bonds. The molecule has 1 aromatic rings. The summed E-state index contributed by atoms with van der Waals surface area (Å²) in [6, 6.07) is 4.30. The van der Waals surface area contributed by atoms with Crippen LogP contribution in [0, 0.1) is 5.92 Å². The van der Waals surface area contributed by atoms with Gasteiger partial charge in [0.05, 0.1) is 18.7 Å². The summed E-state index contributed by atoms with van der Waals surface area (Å²) in [5, 5.41) is 3.54. The molecule has 0 saturated carbocycles. The van der Waals surface area contributed by atoms with Crippen molar-refractivity contribution in [1.29, 1.82) is 0 Å². The van der Waals surface area contributed by atoms with E-state index in [0.717, 1.165) is 34.5 Å². The van der Waals surface area contributed by atoms with Gasteiger partial charge < -0.3 is 14.8 Å². The summed E-state index contributed by atoms with van der Waals surface area (Å²) in [6.45, 7) is 7.51. The predicted octanol–water partition coefficient (Wildman–Crippen LogP) is 4.16. The van der Waals surface area contributed by atoms with Crippen LogP contribution in [-0.2, 0) is 0 Å².